The van der Waals surface area contributed by atoms with Gasteiger partial charge in [0.2, 0.25) is 5.75 Å². The van der Waals surface area contributed by atoms with E-state index in [2.05, 4.69) is 36.3 Å². The van der Waals surface area contributed by atoms with Crippen LogP contribution in [-0.2, 0) is 0 Å². The summed E-state index contributed by atoms with van der Waals surface area (Å²) in [6.45, 7) is 7.08. The maximum absolute atomic E-state index is 11.7. The largest absolute Gasteiger partial charge is 0.490 e. The molecule has 3 fully saturated rings. The lowest BCUT2D eigenvalue weighted by Gasteiger charge is -2.62. The first kappa shape index (κ1) is 13.5. The van der Waals surface area contributed by atoms with Crippen molar-refractivity contribution in [1.29, 1.82) is 0 Å². The lowest BCUT2D eigenvalue weighted by molar-refractivity contribution is -0.105. The summed E-state index contributed by atoms with van der Waals surface area (Å²) in [5.41, 5.74) is 0.882. The van der Waals surface area contributed by atoms with Crippen molar-refractivity contribution in [3.8, 4) is 5.75 Å². The maximum atomic E-state index is 11.7. The first-order valence-corrected chi connectivity index (χ1v) is 7.33. The van der Waals surface area contributed by atoms with Gasteiger partial charge in [-0.05, 0) is 36.0 Å². The molecule has 5 nitrogen and oxygen atoms in total. The van der Waals surface area contributed by atoms with Crippen LogP contribution in [0.1, 0.15) is 33.6 Å². The van der Waals surface area contributed by atoms with Gasteiger partial charge in [-0.2, -0.15) is 5.10 Å². The molecule has 4 atom stereocenters. The Kier molecular flexibility index (Phi) is 3.03. The van der Waals surface area contributed by atoms with Crippen molar-refractivity contribution in [3.05, 3.63) is 16.6 Å². The second kappa shape index (κ2) is 4.50. The average molecular weight is 277 g/mol. The van der Waals surface area contributed by atoms with E-state index in [4.69, 9.17) is 4.74 Å². The Hall–Kier alpha value is -1.52. The summed E-state index contributed by atoms with van der Waals surface area (Å²) in [4.78, 5) is 11.7. The van der Waals surface area contributed by atoms with Crippen molar-refractivity contribution >= 4 is 5.69 Å². The molecule has 3 aliphatic carbocycles. The molecule has 0 radical (unpaired) electrons. The standard InChI is InChI=1S/C15H23N3O2/c1-8-10-5-9(15(10,2)3)6-11(8)17-12-7-16-18-14(19)13(12)20-4/h7-11H,5-6H2,1-4H3,(H2,17,18,19)/t8-,9+,10-,11?/m1/s1. The summed E-state index contributed by atoms with van der Waals surface area (Å²) in [6.07, 6.45) is 4.13. The number of fused-ring (bicyclic) bond motifs is 2. The number of hydrogen-bond acceptors (Lipinski definition) is 4. The zero-order valence-corrected chi connectivity index (χ0v) is 12.6. The first-order chi connectivity index (χ1) is 9.45. The van der Waals surface area contributed by atoms with Crippen LogP contribution in [0.2, 0.25) is 0 Å². The number of nitrogens with zero attached hydrogens (tertiary/aromatic N) is 1. The molecule has 20 heavy (non-hydrogen) atoms. The smallest absolute Gasteiger partial charge is 0.308 e. The van der Waals surface area contributed by atoms with E-state index < -0.39 is 0 Å². The summed E-state index contributed by atoms with van der Waals surface area (Å²) >= 11 is 0. The van der Waals surface area contributed by atoms with Gasteiger partial charge in [0.1, 0.15) is 5.69 Å². The second-order valence-electron chi connectivity index (χ2n) is 6.85. The van der Waals surface area contributed by atoms with Gasteiger partial charge < -0.3 is 10.1 Å². The number of anilines is 1. The van der Waals surface area contributed by atoms with E-state index in [1.807, 2.05) is 0 Å². The fraction of sp³-hybridized carbons (Fsp3) is 0.733. The van der Waals surface area contributed by atoms with E-state index in [1.54, 1.807) is 6.20 Å². The molecule has 1 aromatic heterocycles. The minimum Gasteiger partial charge on any atom is -0.490 e. The molecule has 110 valence electrons. The molecule has 5 heteroatoms. The van der Waals surface area contributed by atoms with Gasteiger partial charge in [-0.15, -0.1) is 0 Å². The van der Waals surface area contributed by atoms with E-state index in [0.717, 1.165) is 18.3 Å². The summed E-state index contributed by atoms with van der Waals surface area (Å²) < 4.78 is 5.19. The third-order valence-electron chi connectivity index (χ3n) is 5.71. The van der Waals surface area contributed by atoms with Gasteiger partial charge >= 0.3 is 5.56 Å². The number of aromatic nitrogens is 2. The maximum Gasteiger partial charge on any atom is 0.308 e. The molecule has 4 rings (SSSR count). The van der Waals surface area contributed by atoms with Gasteiger partial charge in [0, 0.05) is 6.04 Å². The highest BCUT2D eigenvalue weighted by atomic mass is 16.5. The highest BCUT2D eigenvalue weighted by Gasteiger charge is 2.56. The first-order valence-electron chi connectivity index (χ1n) is 7.33. The van der Waals surface area contributed by atoms with Crippen LogP contribution in [0.4, 0.5) is 5.69 Å². The van der Waals surface area contributed by atoms with Crippen LogP contribution in [0.25, 0.3) is 0 Å². The van der Waals surface area contributed by atoms with Crippen LogP contribution < -0.4 is 15.6 Å². The van der Waals surface area contributed by atoms with Gasteiger partial charge in [-0.3, -0.25) is 4.79 Å². The topological polar surface area (TPSA) is 67.0 Å². The lowest BCUT2D eigenvalue weighted by Crippen LogP contribution is -2.58. The highest BCUT2D eigenvalue weighted by Crippen LogP contribution is 2.61. The van der Waals surface area contributed by atoms with Crippen molar-refractivity contribution in [2.45, 2.75) is 39.7 Å². The molecule has 1 aromatic rings. The van der Waals surface area contributed by atoms with E-state index in [1.165, 1.54) is 13.5 Å². The van der Waals surface area contributed by atoms with E-state index >= 15 is 0 Å². The molecule has 0 amide bonds. The van der Waals surface area contributed by atoms with Gasteiger partial charge in [-0.25, -0.2) is 5.10 Å². The minimum atomic E-state index is -0.286. The number of H-pyrrole nitrogens is 1. The third kappa shape index (κ3) is 1.83. The van der Waals surface area contributed by atoms with Gasteiger partial charge in [0.25, 0.3) is 0 Å². The molecular weight excluding hydrogens is 254 g/mol. The zero-order chi connectivity index (χ0) is 14.5. The minimum absolute atomic E-state index is 0.286. The fourth-order valence-corrected chi connectivity index (χ4v) is 4.23. The van der Waals surface area contributed by atoms with Crippen molar-refractivity contribution in [2.75, 3.05) is 12.4 Å². The number of nitrogens with one attached hydrogen (secondary N) is 2. The Bertz CT molecular complexity index is 566. The SMILES string of the molecule is COc1c(NC2C[C@@H]3C[C@H]([C@H]2C)C3(C)C)cn[nH]c1=O. The van der Waals surface area contributed by atoms with Crippen molar-refractivity contribution in [3.63, 3.8) is 0 Å². The number of methoxy groups -OCH3 is 1. The van der Waals surface area contributed by atoms with E-state index in [-0.39, 0.29) is 5.56 Å². The summed E-state index contributed by atoms with van der Waals surface area (Å²) in [6, 6.07) is 0.393. The molecule has 3 saturated carbocycles. The average Bonchev–Trinajstić information content (AvgIpc) is 2.40. The molecule has 2 bridgehead atoms. The van der Waals surface area contributed by atoms with Gasteiger partial charge in [0.15, 0.2) is 0 Å². The molecular formula is C15H23N3O2. The Labute approximate surface area is 119 Å². The normalized spacial score (nSPS) is 34.2. The molecule has 1 unspecified atom stereocenters. The van der Waals surface area contributed by atoms with Crippen LogP contribution in [0, 0.1) is 23.2 Å². The highest BCUT2D eigenvalue weighted by molar-refractivity contribution is 5.54. The second-order valence-corrected chi connectivity index (χ2v) is 6.85. The molecule has 3 aliphatic rings. The fourth-order valence-electron chi connectivity index (χ4n) is 4.23. The molecule has 0 aliphatic heterocycles. The van der Waals surface area contributed by atoms with E-state index in [0.29, 0.717) is 28.8 Å². The van der Waals surface area contributed by atoms with Crippen molar-refractivity contribution in [1.82, 2.24) is 10.2 Å². The monoisotopic (exact) mass is 277 g/mol. The van der Waals surface area contributed by atoms with Crippen molar-refractivity contribution in [2.24, 2.45) is 23.2 Å². The van der Waals surface area contributed by atoms with Crippen LogP contribution >= 0.6 is 0 Å². The molecule has 2 N–H and O–H groups in total. The zero-order valence-electron chi connectivity index (χ0n) is 12.6. The lowest BCUT2D eigenvalue weighted by atomic mass is 9.45. The molecule has 1 heterocycles. The third-order valence-corrected chi connectivity index (χ3v) is 5.71. The number of ether oxygens (including phenoxy) is 1. The van der Waals surface area contributed by atoms with E-state index in [9.17, 15) is 4.79 Å². The van der Waals surface area contributed by atoms with Crippen LogP contribution in [0.3, 0.4) is 0 Å². The molecule has 0 saturated heterocycles. The number of rotatable bonds is 3. The predicted octanol–water partition coefficient (Wildman–Crippen LogP) is 2.26. The molecule has 0 aromatic carbocycles. The molecule has 0 spiro atoms. The van der Waals surface area contributed by atoms with Gasteiger partial charge in [-0.1, -0.05) is 20.8 Å². The van der Waals surface area contributed by atoms with Gasteiger partial charge in [0.05, 0.1) is 13.3 Å². The summed E-state index contributed by atoms with van der Waals surface area (Å²) in [5.74, 6) is 2.46. The van der Waals surface area contributed by atoms with Crippen molar-refractivity contribution < 1.29 is 4.74 Å². The quantitative estimate of drug-likeness (QED) is 0.889. The summed E-state index contributed by atoms with van der Waals surface area (Å²) in [5, 5.41) is 9.74. The Balaban J connectivity index is 1.80. The Morgan fingerprint density at radius 2 is 2.20 bits per heavy atom. The summed E-state index contributed by atoms with van der Waals surface area (Å²) in [7, 11) is 1.51. The van der Waals surface area contributed by atoms with Crippen LogP contribution in [0.15, 0.2) is 11.0 Å². The number of aromatic amines is 1. The van der Waals surface area contributed by atoms with Crippen LogP contribution in [-0.4, -0.2) is 23.3 Å². The van der Waals surface area contributed by atoms with Crippen LogP contribution in [0.5, 0.6) is 5.75 Å². The Morgan fingerprint density at radius 1 is 1.45 bits per heavy atom. The Morgan fingerprint density at radius 3 is 2.80 bits per heavy atom. The number of hydrogen-bond donors (Lipinski definition) is 2. The predicted molar refractivity (Wildman–Crippen MR) is 78.0 cm³/mol.